The highest BCUT2D eigenvalue weighted by Crippen LogP contribution is 2.40. The molecule has 0 amide bonds. The lowest BCUT2D eigenvalue weighted by Crippen LogP contribution is -2.52. The van der Waals surface area contributed by atoms with Crippen LogP contribution in [0.25, 0.3) is 11.1 Å². The Labute approximate surface area is 291 Å². The second kappa shape index (κ2) is 15.4. The molecule has 3 aromatic heterocycles. The van der Waals surface area contributed by atoms with Crippen molar-refractivity contribution in [2.75, 3.05) is 38.9 Å². The van der Waals surface area contributed by atoms with Crippen molar-refractivity contribution in [2.24, 2.45) is 5.92 Å². The zero-order valence-corrected chi connectivity index (χ0v) is 29.1. The van der Waals surface area contributed by atoms with E-state index >= 15 is 0 Å². The Morgan fingerprint density at radius 1 is 0.959 bits per heavy atom. The van der Waals surface area contributed by atoms with Crippen LogP contribution in [-0.2, 0) is 16.0 Å². The number of fused-ring (bicyclic) bond motifs is 2. The molecular weight excluding hydrogens is 648 g/mol. The maximum absolute atomic E-state index is 6.47. The number of morpholine rings is 1. The molecule has 2 unspecified atom stereocenters. The minimum atomic E-state index is -0.205. The third kappa shape index (κ3) is 7.98. The number of benzene rings is 1. The number of hydrogen-bond donors (Lipinski definition) is 1. The summed E-state index contributed by atoms with van der Waals surface area (Å²) < 4.78 is 27.2. The highest BCUT2D eigenvalue weighted by molar-refractivity contribution is 6.32. The number of hydrogen-bond acceptors (Lipinski definition) is 12. The summed E-state index contributed by atoms with van der Waals surface area (Å²) in [5.41, 5.74) is 2.45. The van der Waals surface area contributed by atoms with Gasteiger partial charge < -0.3 is 24.3 Å². The van der Waals surface area contributed by atoms with Crippen LogP contribution in [0.5, 0.6) is 11.6 Å². The molecule has 15 heteroatoms. The van der Waals surface area contributed by atoms with Crippen LogP contribution in [0, 0.1) is 5.92 Å². The van der Waals surface area contributed by atoms with E-state index in [0.717, 1.165) is 42.9 Å². The van der Waals surface area contributed by atoms with Gasteiger partial charge in [-0.2, -0.15) is 0 Å². The van der Waals surface area contributed by atoms with Crippen molar-refractivity contribution in [1.82, 2.24) is 44.9 Å². The summed E-state index contributed by atoms with van der Waals surface area (Å²) in [5, 5.41) is 20.1. The van der Waals surface area contributed by atoms with E-state index in [2.05, 4.69) is 47.3 Å². The summed E-state index contributed by atoms with van der Waals surface area (Å²) in [6.45, 7) is 7.38. The molecule has 3 fully saturated rings. The number of nitrogens with zero attached hydrogens (tertiary/aromatic N) is 9. The number of methoxy groups -OCH3 is 1. The molecule has 3 aliphatic rings. The van der Waals surface area contributed by atoms with Crippen molar-refractivity contribution in [1.29, 1.82) is 0 Å². The molecule has 1 saturated carbocycles. The number of ether oxygens (including phenoxy) is 4. The van der Waals surface area contributed by atoms with Crippen molar-refractivity contribution in [3.63, 3.8) is 0 Å². The third-order valence-corrected chi connectivity index (χ3v) is 10.1. The van der Waals surface area contributed by atoms with E-state index in [9.17, 15) is 0 Å². The highest BCUT2D eigenvalue weighted by Gasteiger charge is 2.42. The van der Waals surface area contributed by atoms with Crippen LogP contribution in [-0.4, -0.2) is 103 Å². The molecule has 2 saturated heterocycles. The van der Waals surface area contributed by atoms with Crippen LogP contribution in [0.4, 0.5) is 11.6 Å². The van der Waals surface area contributed by atoms with Crippen LogP contribution in [0.2, 0.25) is 5.02 Å². The van der Waals surface area contributed by atoms with Gasteiger partial charge in [0, 0.05) is 49.1 Å². The molecule has 262 valence electrons. The summed E-state index contributed by atoms with van der Waals surface area (Å²) in [6.07, 6.45) is 14.0. The Kier molecular flexibility index (Phi) is 10.5. The molecule has 5 heterocycles. The smallest absolute Gasteiger partial charge is 0.256 e. The van der Waals surface area contributed by atoms with E-state index < -0.39 is 0 Å². The van der Waals surface area contributed by atoms with Crippen LogP contribution in [0.15, 0.2) is 43.1 Å². The van der Waals surface area contributed by atoms with Crippen LogP contribution in [0.3, 0.4) is 0 Å². The average molecular weight is 693 g/mol. The van der Waals surface area contributed by atoms with Gasteiger partial charge in [-0.3, -0.25) is 9.58 Å². The maximum atomic E-state index is 6.47. The number of aromatic nitrogens is 8. The van der Waals surface area contributed by atoms with Gasteiger partial charge in [-0.25, -0.2) is 14.6 Å². The predicted molar refractivity (Wildman–Crippen MR) is 183 cm³/mol. The lowest BCUT2D eigenvalue weighted by Gasteiger charge is -2.43. The lowest BCUT2D eigenvalue weighted by atomic mass is 9.89. The molecule has 49 heavy (non-hydrogen) atoms. The first kappa shape index (κ1) is 33.6. The van der Waals surface area contributed by atoms with Crippen LogP contribution >= 0.6 is 11.6 Å². The first-order chi connectivity index (χ1) is 23.9. The van der Waals surface area contributed by atoms with Gasteiger partial charge in [0.25, 0.3) is 5.88 Å². The van der Waals surface area contributed by atoms with Crippen LogP contribution < -0.4 is 14.8 Å². The summed E-state index contributed by atoms with van der Waals surface area (Å²) in [7, 11) is 1.70. The quantitative estimate of drug-likeness (QED) is 0.186. The second-order valence-electron chi connectivity index (χ2n) is 13.6. The highest BCUT2D eigenvalue weighted by atomic mass is 35.5. The van der Waals surface area contributed by atoms with Crippen molar-refractivity contribution in [3.05, 3.63) is 48.1 Å². The van der Waals surface area contributed by atoms with E-state index in [1.54, 1.807) is 30.5 Å². The summed E-state index contributed by atoms with van der Waals surface area (Å²) in [5.74, 6) is 1.77. The number of tetrazole rings is 1. The Morgan fingerprint density at radius 2 is 1.69 bits per heavy atom. The minimum Gasteiger partial charge on any atom is -0.487 e. The topological polar surface area (TPSA) is 139 Å². The monoisotopic (exact) mass is 692 g/mol. The van der Waals surface area contributed by atoms with Crippen LogP contribution in [0.1, 0.15) is 58.4 Å². The minimum absolute atomic E-state index is 0.205. The number of halogens is 1. The molecule has 0 spiro atoms. The van der Waals surface area contributed by atoms with E-state index in [-0.39, 0.29) is 12.0 Å². The average Bonchev–Trinajstić information content (AvgIpc) is 3.83. The predicted octanol–water partition coefficient (Wildman–Crippen LogP) is 5.20. The van der Waals surface area contributed by atoms with Gasteiger partial charge in [0.2, 0.25) is 5.95 Å². The van der Waals surface area contributed by atoms with Gasteiger partial charge in [0.05, 0.1) is 50.2 Å². The van der Waals surface area contributed by atoms with Crippen molar-refractivity contribution in [3.8, 4) is 22.8 Å². The molecule has 2 bridgehead atoms. The molecule has 1 N–H and O–H groups in total. The van der Waals surface area contributed by atoms with Crippen molar-refractivity contribution in [2.45, 2.75) is 89.2 Å². The molecule has 1 aromatic carbocycles. The standard InChI is InChI=1S/C34H45ClN10O4/c1-22(17-46-3)18-48-33-31(16-44(40-33)26-5-7-27(8-6-26)45-28-9-10-29(45)20-47-19-28)39-34-36-13-25(14-37-34)24-4-11-30(35)32(12-24)49-23(2)15-43-21-38-41-42-43/h4,11-14,16,21-23,26-29H,5-10,15,17-20H2,1-3H3,(H,36,37,39)/t22?,23?,26?,27?,28-,29+. The summed E-state index contributed by atoms with van der Waals surface area (Å²) in [4.78, 5) is 12.0. The molecular formula is C34H45ClN10O4. The number of rotatable bonds is 14. The molecule has 2 aliphatic heterocycles. The maximum Gasteiger partial charge on any atom is 0.256 e. The molecule has 7 rings (SSSR count). The van der Waals surface area contributed by atoms with Gasteiger partial charge in [-0.1, -0.05) is 24.6 Å². The SMILES string of the molecule is COCC(C)COc1nn(C2CCC(N3[C@@H]4CC[C@H]3COC4)CC2)cc1Nc1ncc(-c2ccc(Cl)c(OC(C)Cn3cnnn3)c2)cn1. The van der Waals surface area contributed by atoms with E-state index in [1.165, 1.54) is 25.7 Å². The molecule has 1 aliphatic carbocycles. The van der Waals surface area contributed by atoms with Gasteiger partial charge in [-0.15, -0.1) is 10.2 Å². The van der Waals surface area contributed by atoms with E-state index in [0.29, 0.717) is 66.5 Å². The fourth-order valence-corrected chi connectivity index (χ4v) is 7.56. The van der Waals surface area contributed by atoms with Gasteiger partial charge >= 0.3 is 0 Å². The molecule has 14 nitrogen and oxygen atoms in total. The Morgan fingerprint density at radius 3 is 2.41 bits per heavy atom. The van der Waals surface area contributed by atoms with Crippen molar-refractivity contribution < 1.29 is 18.9 Å². The normalized spacial score (nSPS) is 23.7. The fraction of sp³-hybridized carbons (Fsp3) is 0.588. The zero-order chi connectivity index (χ0) is 33.7. The molecule has 4 atom stereocenters. The lowest BCUT2D eigenvalue weighted by molar-refractivity contribution is -0.0458. The molecule has 0 radical (unpaired) electrons. The van der Waals surface area contributed by atoms with Gasteiger partial charge in [0.1, 0.15) is 23.9 Å². The van der Waals surface area contributed by atoms with Gasteiger partial charge in [-0.05, 0) is 73.6 Å². The van der Waals surface area contributed by atoms with E-state index in [1.807, 2.05) is 31.3 Å². The Hall–Kier alpha value is -3.85. The number of anilines is 2. The second-order valence-corrected chi connectivity index (χ2v) is 14.0. The van der Waals surface area contributed by atoms with E-state index in [4.69, 9.17) is 35.6 Å². The summed E-state index contributed by atoms with van der Waals surface area (Å²) >= 11 is 6.47. The summed E-state index contributed by atoms with van der Waals surface area (Å²) in [6, 6.07) is 7.74. The fourth-order valence-electron chi connectivity index (χ4n) is 7.40. The Bertz CT molecular complexity index is 1630. The third-order valence-electron chi connectivity index (χ3n) is 9.74. The molecule has 4 aromatic rings. The number of nitrogens with one attached hydrogen (secondary N) is 1. The van der Waals surface area contributed by atoms with Gasteiger partial charge in [0.15, 0.2) is 0 Å². The van der Waals surface area contributed by atoms with Crippen molar-refractivity contribution >= 4 is 23.2 Å². The zero-order valence-electron chi connectivity index (χ0n) is 28.3. The first-order valence-corrected chi connectivity index (χ1v) is 17.6. The largest absolute Gasteiger partial charge is 0.487 e. The first-order valence-electron chi connectivity index (χ1n) is 17.3. The Balaban J connectivity index is 1.02.